The molecule has 1 atom stereocenters. The molecule has 2 aliphatic rings. The summed E-state index contributed by atoms with van der Waals surface area (Å²) in [5.74, 6) is 0.719. The van der Waals surface area contributed by atoms with Gasteiger partial charge in [0.15, 0.2) is 11.6 Å². The summed E-state index contributed by atoms with van der Waals surface area (Å²) in [6.45, 7) is 6.38. The van der Waals surface area contributed by atoms with E-state index >= 15 is 4.39 Å². The van der Waals surface area contributed by atoms with Gasteiger partial charge < -0.3 is 29.7 Å². The SMILES string of the molecule is CN1CCN2c3c(F)cc(Nc4ncc(Cl)c(Nc5ccccc5P(C)(C)=O)n4)cc3OC[C@@H]2C1. The summed E-state index contributed by atoms with van der Waals surface area (Å²) in [4.78, 5) is 13.0. The van der Waals surface area contributed by atoms with Crippen LogP contribution in [-0.2, 0) is 4.57 Å². The lowest BCUT2D eigenvalue weighted by molar-refractivity contribution is 0.186. The van der Waals surface area contributed by atoms with Crippen molar-refractivity contribution in [3.8, 4) is 5.75 Å². The van der Waals surface area contributed by atoms with E-state index in [-0.39, 0.29) is 17.8 Å². The van der Waals surface area contributed by atoms with Crippen LogP contribution in [0.25, 0.3) is 0 Å². The third-order valence-electron chi connectivity index (χ3n) is 6.17. The van der Waals surface area contributed by atoms with E-state index in [9.17, 15) is 4.57 Å². The number of hydrogen-bond acceptors (Lipinski definition) is 8. The third-order valence-corrected chi connectivity index (χ3v) is 8.00. The van der Waals surface area contributed by atoms with Gasteiger partial charge in [-0.15, -0.1) is 0 Å². The zero-order valence-corrected chi connectivity index (χ0v) is 21.4. The molecule has 0 amide bonds. The summed E-state index contributed by atoms with van der Waals surface area (Å²) < 4.78 is 33.8. The Balaban J connectivity index is 1.40. The van der Waals surface area contributed by atoms with Crippen LogP contribution in [0, 0.1) is 5.82 Å². The molecule has 1 fully saturated rings. The van der Waals surface area contributed by atoms with Gasteiger partial charge in [-0.2, -0.15) is 4.98 Å². The summed E-state index contributed by atoms with van der Waals surface area (Å²) in [5.41, 5.74) is 1.62. The molecule has 184 valence electrons. The van der Waals surface area contributed by atoms with E-state index in [1.165, 1.54) is 12.3 Å². The zero-order valence-electron chi connectivity index (χ0n) is 19.8. The van der Waals surface area contributed by atoms with Gasteiger partial charge in [-0.3, -0.25) is 0 Å². The Morgan fingerprint density at radius 1 is 1.20 bits per heavy atom. The number of benzene rings is 2. The van der Waals surface area contributed by atoms with Crippen LogP contribution >= 0.6 is 18.7 Å². The Morgan fingerprint density at radius 3 is 2.80 bits per heavy atom. The Bertz CT molecular complexity index is 1320. The molecule has 2 aromatic carbocycles. The van der Waals surface area contributed by atoms with Crippen LogP contribution < -0.4 is 25.6 Å². The molecule has 2 N–H and O–H groups in total. The van der Waals surface area contributed by atoms with E-state index in [2.05, 4.69) is 37.4 Å². The van der Waals surface area contributed by atoms with E-state index in [1.54, 1.807) is 19.4 Å². The smallest absolute Gasteiger partial charge is 0.229 e. The number of halogens is 2. The van der Waals surface area contributed by atoms with Crippen LogP contribution in [-0.4, -0.2) is 67.5 Å². The van der Waals surface area contributed by atoms with Gasteiger partial charge in [-0.1, -0.05) is 23.7 Å². The van der Waals surface area contributed by atoms with Gasteiger partial charge in [-0.05, 0) is 38.6 Å². The molecular formula is C24H27ClFN6O2P. The van der Waals surface area contributed by atoms with Gasteiger partial charge in [0, 0.05) is 36.7 Å². The minimum Gasteiger partial charge on any atom is -0.489 e. The number of anilines is 5. The molecule has 3 aromatic rings. The largest absolute Gasteiger partial charge is 0.489 e. The van der Waals surface area contributed by atoms with Gasteiger partial charge in [0.25, 0.3) is 0 Å². The van der Waals surface area contributed by atoms with Crippen molar-refractivity contribution in [2.24, 2.45) is 0 Å². The van der Waals surface area contributed by atoms with E-state index in [0.29, 0.717) is 45.6 Å². The second-order valence-corrected chi connectivity index (χ2v) is 12.8. The number of hydrogen-bond donors (Lipinski definition) is 2. The molecule has 1 saturated heterocycles. The van der Waals surface area contributed by atoms with Crippen molar-refractivity contribution < 1.29 is 13.7 Å². The van der Waals surface area contributed by atoms with E-state index in [4.69, 9.17) is 16.3 Å². The summed E-state index contributed by atoms with van der Waals surface area (Å²) in [5, 5.41) is 7.21. The second kappa shape index (κ2) is 9.30. The molecule has 35 heavy (non-hydrogen) atoms. The van der Waals surface area contributed by atoms with Crippen LogP contribution in [0.1, 0.15) is 0 Å². The topological polar surface area (TPSA) is 82.6 Å². The Morgan fingerprint density at radius 2 is 2.00 bits per heavy atom. The average molecular weight is 517 g/mol. The maximum absolute atomic E-state index is 15.2. The van der Waals surface area contributed by atoms with Crippen molar-refractivity contribution in [2.75, 3.05) is 62.2 Å². The molecule has 0 bridgehead atoms. The van der Waals surface area contributed by atoms with Crippen LogP contribution in [0.2, 0.25) is 5.02 Å². The highest BCUT2D eigenvalue weighted by Crippen LogP contribution is 2.41. The molecule has 11 heteroatoms. The van der Waals surface area contributed by atoms with Crippen molar-refractivity contribution in [2.45, 2.75) is 6.04 Å². The lowest BCUT2D eigenvalue weighted by atomic mass is 10.1. The van der Waals surface area contributed by atoms with Crippen molar-refractivity contribution >= 4 is 52.9 Å². The molecule has 5 rings (SSSR count). The predicted molar refractivity (Wildman–Crippen MR) is 140 cm³/mol. The molecule has 2 aliphatic heterocycles. The lowest BCUT2D eigenvalue weighted by Crippen LogP contribution is -2.56. The Labute approximate surface area is 208 Å². The monoisotopic (exact) mass is 516 g/mol. The van der Waals surface area contributed by atoms with Gasteiger partial charge in [0.1, 0.15) is 30.2 Å². The number of nitrogens with one attached hydrogen (secondary N) is 2. The first kappa shape index (κ1) is 23.9. The lowest BCUT2D eigenvalue weighted by Gasteiger charge is -2.44. The molecular weight excluding hydrogens is 490 g/mol. The first-order valence-corrected chi connectivity index (χ1v) is 14.3. The number of aromatic nitrogens is 2. The molecule has 0 unspecified atom stereocenters. The summed E-state index contributed by atoms with van der Waals surface area (Å²) in [6, 6.07) is 10.6. The van der Waals surface area contributed by atoms with Crippen LogP contribution in [0.4, 0.5) is 33.2 Å². The highest BCUT2D eigenvalue weighted by Gasteiger charge is 2.34. The summed E-state index contributed by atoms with van der Waals surface area (Å²) >= 11 is 6.34. The maximum Gasteiger partial charge on any atom is 0.229 e. The van der Waals surface area contributed by atoms with E-state index in [1.807, 2.05) is 24.3 Å². The molecule has 8 nitrogen and oxygen atoms in total. The number of para-hydroxylation sites is 1. The van der Waals surface area contributed by atoms with Gasteiger partial charge in [0.05, 0.1) is 17.9 Å². The summed E-state index contributed by atoms with van der Waals surface area (Å²) in [6.07, 6.45) is 1.46. The van der Waals surface area contributed by atoms with Crippen molar-refractivity contribution in [3.05, 3.63) is 53.4 Å². The minimum absolute atomic E-state index is 0.132. The fraction of sp³-hybridized carbons (Fsp3) is 0.333. The van der Waals surface area contributed by atoms with Crippen molar-refractivity contribution in [3.63, 3.8) is 0 Å². The maximum atomic E-state index is 15.2. The molecule has 0 spiro atoms. The van der Waals surface area contributed by atoms with E-state index in [0.717, 1.165) is 19.6 Å². The number of piperazine rings is 1. The molecule has 0 saturated carbocycles. The van der Waals surface area contributed by atoms with Gasteiger partial charge in [-0.25, -0.2) is 9.37 Å². The molecule has 0 aliphatic carbocycles. The molecule has 3 heterocycles. The first-order valence-electron chi connectivity index (χ1n) is 11.3. The van der Waals surface area contributed by atoms with Crippen LogP contribution in [0.3, 0.4) is 0 Å². The number of rotatable bonds is 5. The minimum atomic E-state index is -2.53. The molecule has 0 radical (unpaired) electrons. The van der Waals surface area contributed by atoms with Crippen molar-refractivity contribution in [1.82, 2.24) is 14.9 Å². The van der Waals surface area contributed by atoms with Crippen molar-refractivity contribution in [1.29, 1.82) is 0 Å². The first-order chi connectivity index (χ1) is 16.7. The fourth-order valence-electron chi connectivity index (χ4n) is 4.49. The number of nitrogens with zero attached hydrogens (tertiary/aromatic N) is 4. The third kappa shape index (κ3) is 4.94. The van der Waals surface area contributed by atoms with Gasteiger partial charge in [0.2, 0.25) is 5.95 Å². The normalized spacial score (nSPS) is 17.9. The van der Waals surface area contributed by atoms with Gasteiger partial charge >= 0.3 is 0 Å². The standard InChI is InChI=1S/C24H27ClFN6O2P/c1-31-8-9-32-16(13-31)14-34-20-11-15(10-18(26)22(20)32)28-24-27-12-17(25)23(30-24)29-19-6-4-5-7-21(19)35(2,3)33/h4-7,10-12,16H,8-9,13-14H2,1-3H3,(H2,27,28,29,30)/t16-/m0/s1. The highest BCUT2D eigenvalue weighted by atomic mass is 35.5. The Kier molecular flexibility index (Phi) is 6.34. The Hall–Kier alpha value is -2.87. The van der Waals surface area contributed by atoms with E-state index < -0.39 is 7.14 Å². The highest BCUT2D eigenvalue weighted by molar-refractivity contribution is 7.70. The van der Waals surface area contributed by atoms with Crippen LogP contribution in [0.15, 0.2) is 42.6 Å². The number of likely N-dealkylation sites (N-methyl/N-ethyl adjacent to an activating group) is 1. The zero-order chi connectivity index (χ0) is 24.7. The summed E-state index contributed by atoms with van der Waals surface area (Å²) in [7, 11) is -0.470. The fourth-order valence-corrected chi connectivity index (χ4v) is 5.78. The predicted octanol–water partition coefficient (Wildman–Crippen LogP) is 4.52. The average Bonchev–Trinajstić information content (AvgIpc) is 2.80. The quantitative estimate of drug-likeness (QED) is 0.479. The number of fused-ring (bicyclic) bond motifs is 3. The second-order valence-electron chi connectivity index (χ2n) is 9.23. The molecule has 1 aromatic heterocycles. The van der Waals surface area contributed by atoms with Crippen LogP contribution in [0.5, 0.6) is 5.75 Å². The number of ether oxygens (including phenoxy) is 1.